The Morgan fingerprint density at radius 2 is 1.77 bits per heavy atom. The topological polar surface area (TPSA) is 66.8 Å². The van der Waals surface area contributed by atoms with Crippen molar-refractivity contribution in [3.63, 3.8) is 0 Å². The Morgan fingerprint density at radius 1 is 1.07 bits per heavy atom. The molecule has 2 fully saturated rings. The van der Waals surface area contributed by atoms with E-state index in [0.29, 0.717) is 32.8 Å². The Labute approximate surface area is 188 Å². The van der Waals surface area contributed by atoms with E-state index in [0.717, 1.165) is 12.8 Å². The van der Waals surface area contributed by atoms with Crippen LogP contribution in [0.4, 0.5) is 0 Å². The molecule has 0 aromatic heterocycles. The molecule has 0 saturated carbocycles. The summed E-state index contributed by atoms with van der Waals surface area (Å²) >= 11 is 18.4. The number of hydrogen-bond acceptors (Lipinski definition) is 4. The summed E-state index contributed by atoms with van der Waals surface area (Å²) in [5.41, 5.74) is 0.864. The third kappa shape index (κ3) is 3.95. The molecule has 2 heterocycles. The second kappa shape index (κ2) is 8.60. The number of hydrogen-bond donors (Lipinski definition) is 1. The highest BCUT2D eigenvalue weighted by Gasteiger charge is 2.47. The van der Waals surface area contributed by atoms with Gasteiger partial charge in [0, 0.05) is 33.8 Å². The van der Waals surface area contributed by atoms with Crippen molar-refractivity contribution in [1.29, 1.82) is 0 Å². The van der Waals surface area contributed by atoms with E-state index in [-0.39, 0.29) is 24.0 Å². The van der Waals surface area contributed by atoms with Gasteiger partial charge in [-0.25, -0.2) is 0 Å². The molecule has 8 heteroatoms. The van der Waals surface area contributed by atoms with Gasteiger partial charge in [-0.2, -0.15) is 0 Å². The smallest absolute Gasteiger partial charge is 0.295 e. The quantitative estimate of drug-likeness (QED) is 0.380. The van der Waals surface area contributed by atoms with Crippen LogP contribution < -0.4 is 0 Å². The second-order valence-electron chi connectivity index (χ2n) is 7.26. The van der Waals surface area contributed by atoms with Gasteiger partial charge in [0.05, 0.1) is 17.7 Å². The lowest BCUT2D eigenvalue weighted by Gasteiger charge is -2.28. The fraction of sp³-hybridized carbons (Fsp3) is 0.273. The van der Waals surface area contributed by atoms with Gasteiger partial charge in [0.25, 0.3) is 11.7 Å². The Balaban J connectivity index is 1.85. The molecule has 2 aliphatic heterocycles. The second-order valence-corrected chi connectivity index (χ2v) is 8.54. The molecule has 2 aromatic carbocycles. The van der Waals surface area contributed by atoms with Gasteiger partial charge >= 0.3 is 0 Å². The van der Waals surface area contributed by atoms with Crippen LogP contribution in [0.3, 0.4) is 0 Å². The van der Waals surface area contributed by atoms with Gasteiger partial charge in [-0.05, 0) is 54.8 Å². The summed E-state index contributed by atoms with van der Waals surface area (Å²) in [6, 6.07) is 10.4. The molecule has 1 amide bonds. The minimum atomic E-state index is -0.852. The molecule has 30 heavy (non-hydrogen) atoms. The number of nitrogens with zero attached hydrogens (tertiary/aromatic N) is 1. The molecule has 2 saturated heterocycles. The number of ketones is 1. The lowest BCUT2D eigenvalue weighted by Crippen LogP contribution is -2.36. The largest absolute Gasteiger partial charge is 0.507 e. The normalized spacial score (nSPS) is 23.4. The van der Waals surface area contributed by atoms with Crippen molar-refractivity contribution < 1.29 is 19.4 Å². The number of benzene rings is 2. The minimum absolute atomic E-state index is 0.0236. The highest BCUT2D eigenvalue weighted by Crippen LogP contribution is 2.43. The fourth-order valence-corrected chi connectivity index (χ4v) is 4.52. The van der Waals surface area contributed by atoms with E-state index in [4.69, 9.17) is 39.5 Å². The number of carbonyl (C=O) groups is 2. The number of rotatable bonds is 4. The summed E-state index contributed by atoms with van der Waals surface area (Å²) in [4.78, 5) is 27.4. The number of amides is 1. The van der Waals surface area contributed by atoms with E-state index in [2.05, 4.69) is 0 Å². The predicted octanol–water partition coefficient (Wildman–Crippen LogP) is 5.25. The Hall–Kier alpha value is -2.05. The van der Waals surface area contributed by atoms with Crippen molar-refractivity contribution in [2.75, 3.05) is 13.2 Å². The standard InChI is InChI=1S/C22H18Cl3NO4/c23-13-5-3-12(4-6-13)20(27)18-19(16-8-7-14(24)10-17(16)25)26(22(29)21(18)28)11-15-2-1-9-30-15/h3-8,10,15,19,27H,1-2,9,11H2/b20-18+/t15-,19-/m0/s1. The van der Waals surface area contributed by atoms with Gasteiger partial charge in [-0.3, -0.25) is 9.59 Å². The monoisotopic (exact) mass is 465 g/mol. The van der Waals surface area contributed by atoms with Crippen molar-refractivity contribution in [3.8, 4) is 0 Å². The van der Waals surface area contributed by atoms with Crippen molar-refractivity contribution in [3.05, 3.63) is 74.2 Å². The number of likely N-dealkylation sites (tertiary alicyclic amines) is 1. The number of aliphatic hydroxyl groups is 1. The summed E-state index contributed by atoms with van der Waals surface area (Å²) in [5.74, 6) is -1.75. The minimum Gasteiger partial charge on any atom is -0.507 e. The van der Waals surface area contributed by atoms with E-state index < -0.39 is 17.7 Å². The van der Waals surface area contributed by atoms with Crippen LogP contribution in [-0.2, 0) is 14.3 Å². The Bertz CT molecular complexity index is 1030. The van der Waals surface area contributed by atoms with Crippen LogP contribution in [0.15, 0.2) is 48.0 Å². The summed E-state index contributed by atoms with van der Waals surface area (Å²) in [5, 5.41) is 12.2. The van der Waals surface area contributed by atoms with Crippen molar-refractivity contribution in [2.24, 2.45) is 0 Å². The van der Waals surface area contributed by atoms with Gasteiger partial charge in [-0.15, -0.1) is 0 Å². The molecule has 4 rings (SSSR count). The molecular weight excluding hydrogens is 449 g/mol. The third-order valence-electron chi connectivity index (χ3n) is 5.34. The lowest BCUT2D eigenvalue weighted by atomic mass is 9.95. The molecule has 2 aromatic rings. The van der Waals surface area contributed by atoms with Gasteiger partial charge < -0.3 is 14.7 Å². The maximum absolute atomic E-state index is 13.0. The van der Waals surface area contributed by atoms with Gasteiger partial charge in [0.2, 0.25) is 0 Å². The molecule has 0 radical (unpaired) electrons. The fourth-order valence-electron chi connectivity index (χ4n) is 3.89. The van der Waals surface area contributed by atoms with Gasteiger partial charge in [-0.1, -0.05) is 40.9 Å². The molecular formula is C22H18Cl3NO4. The van der Waals surface area contributed by atoms with Crippen LogP contribution in [0, 0.1) is 0 Å². The average molecular weight is 467 g/mol. The Kier molecular flexibility index (Phi) is 6.07. The molecule has 2 atom stereocenters. The molecule has 156 valence electrons. The van der Waals surface area contributed by atoms with Crippen molar-refractivity contribution in [2.45, 2.75) is 25.0 Å². The van der Waals surface area contributed by atoms with E-state index in [9.17, 15) is 14.7 Å². The van der Waals surface area contributed by atoms with Gasteiger partial charge in [0.15, 0.2) is 0 Å². The SMILES string of the molecule is O=C1C(=O)N(C[C@@H]2CCCO2)[C@@H](c2ccc(Cl)cc2Cl)/C1=C(\O)c1ccc(Cl)cc1. The van der Waals surface area contributed by atoms with Crippen LogP contribution in [0.1, 0.15) is 30.0 Å². The van der Waals surface area contributed by atoms with E-state index >= 15 is 0 Å². The van der Waals surface area contributed by atoms with E-state index in [1.54, 1.807) is 42.5 Å². The molecule has 5 nitrogen and oxygen atoms in total. The summed E-state index contributed by atoms with van der Waals surface area (Å²) in [6.45, 7) is 0.845. The van der Waals surface area contributed by atoms with Crippen LogP contribution in [0.2, 0.25) is 15.1 Å². The number of carbonyl (C=O) groups excluding carboxylic acids is 2. The summed E-state index contributed by atoms with van der Waals surface area (Å²) in [6.07, 6.45) is 1.51. The highest BCUT2D eigenvalue weighted by molar-refractivity contribution is 6.47. The molecule has 0 aliphatic carbocycles. The zero-order valence-electron chi connectivity index (χ0n) is 15.8. The van der Waals surface area contributed by atoms with Gasteiger partial charge in [0.1, 0.15) is 5.76 Å². The average Bonchev–Trinajstić information content (AvgIpc) is 3.31. The highest BCUT2D eigenvalue weighted by atomic mass is 35.5. The number of ether oxygens (including phenoxy) is 1. The maximum Gasteiger partial charge on any atom is 0.295 e. The lowest BCUT2D eigenvalue weighted by molar-refractivity contribution is -0.140. The van der Waals surface area contributed by atoms with E-state index in [1.807, 2.05) is 0 Å². The number of Topliss-reactive ketones (excluding diaryl/α,β-unsaturated/α-hetero) is 1. The molecule has 2 aliphatic rings. The van der Waals surface area contributed by atoms with Crippen molar-refractivity contribution in [1.82, 2.24) is 4.90 Å². The zero-order chi connectivity index (χ0) is 21.4. The van der Waals surface area contributed by atoms with Crippen molar-refractivity contribution >= 4 is 52.3 Å². The first-order valence-corrected chi connectivity index (χ1v) is 10.6. The molecule has 0 spiro atoms. The number of halogens is 3. The van der Waals surface area contributed by atoms with E-state index in [1.165, 1.54) is 4.90 Å². The third-order valence-corrected chi connectivity index (χ3v) is 6.15. The summed E-state index contributed by atoms with van der Waals surface area (Å²) in [7, 11) is 0. The first-order valence-electron chi connectivity index (χ1n) is 9.47. The maximum atomic E-state index is 13.0. The first kappa shape index (κ1) is 21.2. The van der Waals surface area contributed by atoms with Crippen LogP contribution in [-0.4, -0.2) is 41.0 Å². The number of aliphatic hydroxyl groups excluding tert-OH is 1. The Morgan fingerprint density at radius 3 is 2.40 bits per heavy atom. The first-order chi connectivity index (χ1) is 14.4. The van der Waals surface area contributed by atoms with Crippen LogP contribution >= 0.6 is 34.8 Å². The van der Waals surface area contributed by atoms with Crippen LogP contribution in [0.25, 0.3) is 5.76 Å². The predicted molar refractivity (Wildman–Crippen MR) is 116 cm³/mol. The molecule has 1 N–H and O–H groups in total. The van der Waals surface area contributed by atoms with Crippen LogP contribution in [0.5, 0.6) is 0 Å². The molecule has 0 bridgehead atoms. The summed E-state index contributed by atoms with van der Waals surface area (Å²) < 4.78 is 5.67. The zero-order valence-corrected chi connectivity index (χ0v) is 18.0. The molecule has 0 unspecified atom stereocenters.